The molecule has 3 aromatic carbocycles. The summed E-state index contributed by atoms with van der Waals surface area (Å²) in [5.74, 6) is 0.540. The van der Waals surface area contributed by atoms with E-state index in [2.05, 4.69) is 15.9 Å². The molecule has 0 radical (unpaired) electrons. The van der Waals surface area contributed by atoms with Crippen LogP contribution < -0.4 is 4.74 Å². The molecular weight excluding hydrogens is 424 g/mol. The van der Waals surface area contributed by atoms with Gasteiger partial charge in [0.1, 0.15) is 5.75 Å². The number of hydrogen-bond donors (Lipinski definition) is 0. The fraction of sp³-hybridized carbons (Fsp3) is 0.0455. The molecule has 0 aliphatic carbocycles. The summed E-state index contributed by atoms with van der Waals surface area (Å²) >= 11 is 3.42. The molecular formula is C22H15BrO3S. The lowest BCUT2D eigenvalue weighted by Crippen LogP contribution is -2.03. The molecule has 0 saturated heterocycles. The van der Waals surface area contributed by atoms with Crippen molar-refractivity contribution in [3.05, 3.63) is 94.0 Å². The van der Waals surface area contributed by atoms with Gasteiger partial charge in [0.2, 0.25) is 0 Å². The molecule has 4 rings (SSSR count). The van der Waals surface area contributed by atoms with E-state index in [9.17, 15) is 9.00 Å². The zero-order valence-corrected chi connectivity index (χ0v) is 16.8. The van der Waals surface area contributed by atoms with Crippen molar-refractivity contribution in [1.82, 2.24) is 0 Å². The smallest absolute Gasteiger partial charge is 0.194 e. The molecule has 3 nitrogen and oxygen atoms in total. The lowest BCUT2D eigenvalue weighted by Gasteiger charge is -2.08. The van der Waals surface area contributed by atoms with Crippen LogP contribution in [0.4, 0.5) is 0 Å². The number of allylic oxidation sites excluding steroid dienone is 1. The van der Waals surface area contributed by atoms with Crippen LogP contribution in [0.25, 0.3) is 10.5 Å². The highest BCUT2D eigenvalue weighted by atomic mass is 79.9. The van der Waals surface area contributed by atoms with Crippen LogP contribution in [0.2, 0.25) is 0 Å². The highest BCUT2D eigenvalue weighted by Crippen LogP contribution is 2.43. The van der Waals surface area contributed by atoms with E-state index in [0.717, 1.165) is 15.6 Å². The van der Waals surface area contributed by atoms with Gasteiger partial charge in [0.25, 0.3) is 0 Å². The first-order valence-electron chi connectivity index (χ1n) is 8.30. The van der Waals surface area contributed by atoms with Gasteiger partial charge in [-0.25, -0.2) is 4.21 Å². The molecule has 1 unspecified atom stereocenters. The van der Waals surface area contributed by atoms with Crippen LogP contribution in [0.5, 0.6) is 5.75 Å². The first-order chi connectivity index (χ1) is 13.1. The van der Waals surface area contributed by atoms with Gasteiger partial charge >= 0.3 is 0 Å². The third kappa shape index (κ3) is 3.17. The number of ether oxygens (including phenoxy) is 1. The number of rotatable bonds is 4. The minimum atomic E-state index is -1.40. The van der Waals surface area contributed by atoms with Crippen molar-refractivity contribution < 1.29 is 13.7 Å². The van der Waals surface area contributed by atoms with Crippen molar-refractivity contribution >= 4 is 43.0 Å². The Balaban J connectivity index is 1.91. The van der Waals surface area contributed by atoms with E-state index in [1.54, 1.807) is 31.4 Å². The second-order valence-corrected chi connectivity index (χ2v) is 8.33. The Hall–Kier alpha value is -2.50. The fourth-order valence-corrected chi connectivity index (χ4v) is 4.92. The number of methoxy groups -OCH3 is 1. The van der Waals surface area contributed by atoms with Gasteiger partial charge in [-0.2, -0.15) is 0 Å². The van der Waals surface area contributed by atoms with Crippen molar-refractivity contribution in [2.24, 2.45) is 0 Å². The lowest BCUT2D eigenvalue weighted by atomic mass is 9.95. The van der Waals surface area contributed by atoms with Crippen molar-refractivity contribution in [3.8, 4) is 5.75 Å². The van der Waals surface area contributed by atoms with E-state index in [1.807, 2.05) is 48.5 Å². The van der Waals surface area contributed by atoms with E-state index < -0.39 is 10.8 Å². The molecule has 1 aliphatic rings. The van der Waals surface area contributed by atoms with Crippen molar-refractivity contribution in [1.29, 1.82) is 0 Å². The first kappa shape index (κ1) is 17.9. The van der Waals surface area contributed by atoms with E-state index in [-0.39, 0.29) is 5.78 Å². The summed E-state index contributed by atoms with van der Waals surface area (Å²) in [5.41, 5.74) is 2.55. The number of Topliss-reactive ketones (excluding diaryl/α,β-unsaturated/α-hetero) is 1. The standard InChI is InChI=1S/C22H15BrO3S/c1-26-17-12-8-14(9-13-17)21(24)20-18-4-2-3-5-19(18)27(25)22(20)15-6-10-16(23)11-7-15/h2-13H,1H3. The number of fused-ring (bicyclic) bond motifs is 1. The molecule has 5 heteroatoms. The second-order valence-electron chi connectivity index (χ2n) is 6.03. The molecule has 1 aliphatic heterocycles. The molecule has 0 saturated carbocycles. The maximum Gasteiger partial charge on any atom is 0.194 e. The minimum absolute atomic E-state index is 0.145. The van der Waals surface area contributed by atoms with Gasteiger partial charge in [0, 0.05) is 21.2 Å². The van der Waals surface area contributed by atoms with Gasteiger partial charge in [0.15, 0.2) is 5.78 Å². The largest absolute Gasteiger partial charge is 0.497 e. The maximum absolute atomic E-state index is 13.4. The summed E-state index contributed by atoms with van der Waals surface area (Å²) in [6, 6.07) is 21.9. The summed E-state index contributed by atoms with van der Waals surface area (Å²) in [6.07, 6.45) is 0. The molecule has 0 amide bonds. The fourth-order valence-electron chi connectivity index (χ4n) is 3.12. The molecule has 27 heavy (non-hydrogen) atoms. The van der Waals surface area contributed by atoms with E-state index in [4.69, 9.17) is 4.74 Å². The van der Waals surface area contributed by atoms with Crippen molar-refractivity contribution in [2.45, 2.75) is 4.90 Å². The Labute approximate surface area is 168 Å². The average Bonchev–Trinajstić information content (AvgIpc) is 3.01. The lowest BCUT2D eigenvalue weighted by molar-refractivity contribution is 0.105. The van der Waals surface area contributed by atoms with E-state index in [0.29, 0.717) is 26.7 Å². The third-order valence-electron chi connectivity index (χ3n) is 4.45. The Kier molecular flexibility index (Phi) is 4.81. The van der Waals surface area contributed by atoms with Gasteiger partial charge in [-0.1, -0.05) is 46.3 Å². The van der Waals surface area contributed by atoms with Gasteiger partial charge in [-0.15, -0.1) is 0 Å². The predicted octanol–water partition coefficient (Wildman–Crippen LogP) is 5.33. The molecule has 0 bridgehead atoms. The van der Waals surface area contributed by atoms with Gasteiger partial charge in [-0.3, -0.25) is 4.79 Å². The number of carbonyl (C=O) groups excluding carboxylic acids is 1. The van der Waals surface area contributed by atoms with Crippen LogP contribution in [0.3, 0.4) is 0 Å². The minimum Gasteiger partial charge on any atom is -0.497 e. The maximum atomic E-state index is 13.4. The summed E-state index contributed by atoms with van der Waals surface area (Å²) in [4.78, 5) is 14.6. The SMILES string of the molecule is COc1ccc(C(=O)C2=C(c3ccc(Br)cc3)S(=O)c3ccccc32)cc1. The summed E-state index contributed by atoms with van der Waals surface area (Å²) in [6.45, 7) is 0. The molecule has 0 aromatic heterocycles. The monoisotopic (exact) mass is 438 g/mol. The Morgan fingerprint density at radius 1 is 0.926 bits per heavy atom. The Bertz CT molecular complexity index is 1080. The molecule has 1 heterocycles. The number of carbonyl (C=O) groups is 1. The Morgan fingerprint density at radius 3 is 2.26 bits per heavy atom. The van der Waals surface area contributed by atoms with Crippen molar-refractivity contribution in [3.63, 3.8) is 0 Å². The number of benzene rings is 3. The summed E-state index contributed by atoms with van der Waals surface area (Å²) in [5, 5.41) is 0. The van der Waals surface area contributed by atoms with Crippen LogP contribution in [-0.2, 0) is 10.8 Å². The second kappa shape index (κ2) is 7.25. The quantitative estimate of drug-likeness (QED) is 0.516. The van der Waals surface area contributed by atoms with Crippen molar-refractivity contribution in [2.75, 3.05) is 7.11 Å². The number of hydrogen-bond acceptors (Lipinski definition) is 3. The normalized spacial score (nSPS) is 15.6. The zero-order valence-electron chi connectivity index (χ0n) is 14.4. The highest BCUT2D eigenvalue weighted by Gasteiger charge is 2.33. The first-order valence-corrected chi connectivity index (χ1v) is 10.2. The van der Waals surface area contributed by atoms with Gasteiger partial charge in [-0.05, 0) is 48.0 Å². The number of halogens is 1. The number of ketones is 1. The van der Waals surface area contributed by atoms with Gasteiger partial charge < -0.3 is 4.74 Å². The van der Waals surface area contributed by atoms with E-state index >= 15 is 0 Å². The van der Waals surface area contributed by atoms with E-state index in [1.165, 1.54) is 0 Å². The molecule has 0 fully saturated rings. The molecule has 0 spiro atoms. The summed E-state index contributed by atoms with van der Waals surface area (Å²) in [7, 11) is 0.180. The molecule has 1 atom stereocenters. The topological polar surface area (TPSA) is 43.4 Å². The third-order valence-corrected chi connectivity index (χ3v) is 6.55. The van der Waals surface area contributed by atoms with Crippen LogP contribution >= 0.6 is 15.9 Å². The zero-order chi connectivity index (χ0) is 19.0. The highest BCUT2D eigenvalue weighted by molar-refractivity contribution is 9.10. The average molecular weight is 439 g/mol. The Morgan fingerprint density at radius 2 is 1.59 bits per heavy atom. The molecule has 0 N–H and O–H groups in total. The van der Waals surface area contributed by atoms with Crippen LogP contribution in [0.1, 0.15) is 21.5 Å². The van der Waals surface area contributed by atoms with Crippen LogP contribution in [-0.4, -0.2) is 17.1 Å². The molecule has 134 valence electrons. The molecule has 3 aromatic rings. The summed E-state index contributed by atoms with van der Waals surface area (Å²) < 4.78 is 19.3. The van der Waals surface area contributed by atoms with Crippen LogP contribution in [0, 0.1) is 0 Å². The van der Waals surface area contributed by atoms with Crippen LogP contribution in [0.15, 0.2) is 82.2 Å². The predicted molar refractivity (Wildman–Crippen MR) is 111 cm³/mol. The van der Waals surface area contributed by atoms with Gasteiger partial charge in [0.05, 0.1) is 27.7 Å².